The van der Waals surface area contributed by atoms with Gasteiger partial charge in [-0.25, -0.2) is 0 Å². The van der Waals surface area contributed by atoms with Crippen LogP contribution in [0.2, 0.25) is 5.02 Å². The minimum Gasteiger partial charge on any atom is -0.300 e. The number of rotatable bonds is 6. The van der Waals surface area contributed by atoms with Crippen LogP contribution in [-0.2, 0) is 0 Å². The van der Waals surface area contributed by atoms with Gasteiger partial charge in [0.2, 0.25) is 0 Å². The molecular formula is C20H24ClN. The predicted octanol–water partition coefficient (Wildman–Crippen LogP) is 5.75. The van der Waals surface area contributed by atoms with Crippen molar-refractivity contribution in [1.82, 2.24) is 4.90 Å². The van der Waals surface area contributed by atoms with Crippen molar-refractivity contribution in [3.63, 3.8) is 0 Å². The number of allylic oxidation sites excluding steroid dienone is 1. The molecule has 0 radical (unpaired) electrons. The second kappa shape index (κ2) is 8.17. The zero-order valence-corrected chi connectivity index (χ0v) is 14.4. The highest BCUT2D eigenvalue weighted by Gasteiger charge is 2.01. The lowest BCUT2D eigenvalue weighted by Crippen LogP contribution is -2.22. The van der Waals surface area contributed by atoms with Gasteiger partial charge in [-0.15, -0.1) is 0 Å². The summed E-state index contributed by atoms with van der Waals surface area (Å²) in [4.78, 5) is 2.41. The summed E-state index contributed by atoms with van der Waals surface area (Å²) in [5.74, 6) is 0. The van der Waals surface area contributed by atoms with Crippen LogP contribution in [0.15, 0.2) is 54.6 Å². The summed E-state index contributed by atoms with van der Waals surface area (Å²) in [6.45, 7) is 9.78. The summed E-state index contributed by atoms with van der Waals surface area (Å²) >= 11 is 5.94. The quantitative estimate of drug-likeness (QED) is 0.656. The van der Waals surface area contributed by atoms with E-state index in [9.17, 15) is 0 Å². The summed E-state index contributed by atoms with van der Waals surface area (Å²) in [6.07, 6.45) is 2.31. The second-order valence-electron chi connectivity index (χ2n) is 5.46. The Kier molecular flexibility index (Phi) is 6.23. The third-order valence-electron chi connectivity index (χ3n) is 4.07. The van der Waals surface area contributed by atoms with Gasteiger partial charge in [-0.2, -0.15) is 0 Å². The first-order chi connectivity index (χ1) is 10.6. The Morgan fingerprint density at radius 2 is 1.41 bits per heavy atom. The highest BCUT2D eigenvalue weighted by molar-refractivity contribution is 6.30. The van der Waals surface area contributed by atoms with Crippen molar-refractivity contribution in [3.8, 4) is 11.1 Å². The Morgan fingerprint density at radius 3 is 1.91 bits per heavy atom. The van der Waals surface area contributed by atoms with Gasteiger partial charge in [0.25, 0.3) is 0 Å². The van der Waals surface area contributed by atoms with Gasteiger partial charge in [0.15, 0.2) is 0 Å². The molecule has 0 aliphatic heterocycles. The Balaban J connectivity index is 2.11. The average Bonchev–Trinajstić information content (AvgIpc) is 2.56. The molecular weight excluding hydrogens is 290 g/mol. The van der Waals surface area contributed by atoms with Crippen LogP contribution in [0, 0.1) is 0 Å². The summed E-state index contributed by atoms with van der Waals surface area (Å²) in [5, 5.41) is 0.774. The average molecular weight is 314 g/mol. The van der Waals surface area contributed by atoms with E-state index < -0.39 is 0 Å². The lowest BCUT2D eigenvalue weighted by Gasteiger charge is -2.16. The van der Waals surface area contributed by atoms with Gasteiger partial charge in [-0.3, -0.25) is 0 Å². The van der Waals surface area contributed by atoms with Gasteiger partial charge in [-0.1, -0.05) is 67.9 Å². The molecule has 0 N–H and O–H groups in total. The molecule has 0 amide bonds. The van der Waals surface area contributed by atoms with Crippen LogP contribution in [0.1, 0.15) is 26.3 Å². The van der Waals surface area contributed by atoms with Crippen LogP contribution in [0.3, 0.4) is 0 Å². The SMILES string of the molecule is CCN(CC)C/C=C(/C)c1ccc(-c2ccc(Cl)cc2)cc1. The van der Waals surface area contributed by atoms with Crippen LogP contribution in [-0.4, -0.2) is 24.5 Å². The normalized spacial score (nSPS) is 12.0. The van der Waals surface area contributed by atoms with E-state index >= 15 is 0 Å². The van der Waals surface area contributed by atoms with Gasteiger partial charge >= 0.3 is 0 Å². The van der Waals surface area contributed by atoms with Crippen molar-refractivity contribution in [2.75, 3.05) is 19.6 Å². The third kappa shape index (κ3) is 4.46. The van der Waals surface area contributed by atoms with Crippen molar-refractivity contribution in [2.24, 2.45) is 0 Å². The molecule has 0 bridgehead atoms. The number of hydrogen-bond acceptors (Lipinski definition) is 1. The molecule has 0 fully saturated rings. The van der Waals surface area contributed by atoms with Crippen LogP contribution in [0.5, 0.6) is 0 Å². The smallest absolute Gasteiger partial charge is 0.0406 e. The number of hydrogen-bond donors (Lipinski definition) is 0. The molecule has 2 aromatic rings. The first kappa shape index (κ1) is 16.8. The fourth-order valence-electron chi connectivity index (χ4n) is 2.43. The van der Waals surface area contributed by atoms with Crippen molar-refractivity contribution in [3.05, 3.63) is 65.2 Å². The molecule has 0 saturated heterocycles. The van der Waals surface area contributed by atoms with E-state index in [1.807, 2.05) is 12.1 Å². The molecule has 1 nitrogen and oxygen atoms in total. The first-order valence-electron chi connectivity index (χ1n) is 7.89. The Bertz CT molecular complexity index is 607. The Hall–Kier alpha value is -1.57. The molecule has 0 aliphatic rings. The molecule has 0 atom stereocenters. The number of benzene rings is 2. The van der Waals surface area contributed by atoms with Gasteiger partial charge in [0, 0.05) is 11.6 Å². The van der Waals surface area contributed by atoms with Crippen LogP contribution >= 0.6 is 11.6 Å². The maximum Gasteiger partial charge on any atom is 0.0406 e. The Morgan fingerprint density at radius 1 is 0.909 bits per heavy atom. The fraction of sp³-hybridized carbons (Fsp3) is 0.300. The minimum atomic E-state index is 0.774. The van der Waals surface area contributed by atoms with E-state index in [-0.39, 0.29) is 0 Å². The number of likely N-dealkylation sites (N-methyl/N-ethyl adjacent to an activating group) is 1. The Labute approximate surface area is 139 Å². The van der Waals surface area contributed by atoms with Crippen molar-refractivity contribution in [2.45, 2.75) is 20.8 Å². The zero-order chi connectivity index (χ0) is 15.9. The van der Waals surface area contributed by atoms with E-state index in [2.05, 4.69) is 68.1 Å². The van der Waals surface area contributed by atoms with Crippen molar-refractivity contribution < 1.29 is 0 Å². The maximum absolute atomic E-state index is 5.94. The summed E-state index contributed by atoms with van der Waals surface area (Å²) < 4.78 is 0. The lowest BCUT2D eigenvalue weighted by molar-refractivity contribution is 0.337. The molecule has 0 unspecified atom stereocenters. The van der Waals surface area contributed by atoms with Crippen LogP contribution < -0.4 is 0 Å². The molecule has 0 aromatic heterocycles. The highest BCUT2D eigenvalue weighted by atomic mass is 35.5. The van der Waals surface area contributed by atoms with E-state index in [0.29, 0.717) is 0 Å². The van der Waals surface area contributed by atoms with Crippen LogP contribution in [0.4, 0.5) is 0 Å². The summed E-state index contributed by atoms with van der Waals surface area (Å²) in [7, 11) is 0. The van der Waals surface area contributed by atoms with E-state index in [0.717, 1.165) is 24.7 Å². The molecule has 2 rings (SSSR count). The summed E-state index contributed by atoms with van der Waals surface area (Å²) in [5.41, 5.74) is 5.03. The van der Waals surface area contributed by atoms with Gasteiger partial charge in [0.05, 0.1) is 0 Å². The molecule has 0 saturated carbocycles. The molecule has 22 heavy (non-hydrogen) atoms. The fourth-order valence-corrected chi connectivity index (χ4v) is 2.56. The first-order valence-corrected chi connectivity index (χ1v) is 8.27. The molecule has 116 valence electrons. The van der Waals surface area contributed by atoms with Crippen LogP contribution in [0.25, 0.3) is 16.7 Å². The monoisotopic (exact) mass is 313 g/mol. The summed E-state index contributed by atoms with van der Waals surface area (Å²) in [6, 6.07) is 16.7. The van der Waals surface area contributed by atoms with Gasteiger partial charge in [-0.05, 0) is 54.4 Å². The number of halogens is 1. The topological polar surface area (TPSA) is 3.24 Å². The van der Waals surface area contributed by atoms with Crippen molar-refractivity contribution in [1.29, 1.82) is 0 Å². The minimum absolute atomic E-state index is 0.774. The van der Waals surface area contributed by atoms with E-state index in [4.69, 9.17) is 11.6 Å². The standard InChI is InChI=1S/C20H24ClN/c1-4-22(5-2)15-14-16(3)17-6-8-18(9-7-17)19-10-12-20(21)13-11-19/h6-14H,4-5,15H2,1-3H3/b16-14-. The van der Waals surface area contributed by atoms with E-state index in [1.54, 1.807) is 0 Å². The highest BCUT2D eigenvalue weighted by Crippen LogP contribution is 2.23. The molecule has 0 spiro atoms. The molecule has 2 heteroatoms. The third-order valence-corrected chi connectivity index (χ3v) is 4.32. The number of nitrogens with zero attached hydrogens (tertiary/aromatic N) is 1. The molecule has 0 heterocycles. The zero-order valence-electron chi connectivity index (χ0n) is 13.6. The second-order valence-corrected chi connectivity index (χ2v) is 5.89. The molecule has 2 aromatic carbocycles. The molecule has 0 aliphatic carbocycles. The van der Waals surface area contributed by atoms with Crippen molar-refractivity contribution >= 4 is 17.2 Å². The maximum atomic E-state index is 5.94. The largest absolute Gasteiger partial charge is 0.300 e. The van der Waals surface area contributed by atoms with Gasteiger partial charge in [0.1, 0.15) is 0 Å². The lowest BCUT2D eigenvalue weighted by atomic mass is 10.0. The van der Waals surface area contributed by atoms with Gasteiger partial charge < -0.3 is 4.90 Å². The van der Waals surface area contributed by atoms with E-state index in [1.165, 1.54) is 22.3 Å². The predicted molar refractivity (Wildman–Crippen MR) is 98.3 cm³/mol.